The fraction of sp³-hybridized carbons (Fsp3) is 0.333. The first kappa shape index (κ1) is 13.8. The molecule has 1 heteroatoms. The van der Waals surface area contributed by atoms with Crippen molar-refractivity contribution in [1.82, 2.24) is 5.32 Å². The molecule has 2 atom stereocenters. The molecule has 2 aromatic rings. The van der Waals surface area contributed by atoms with Gasteiger partial charge in [0.1, 0.15) is 0 Å². The first-order chi connectivity index (χ1) is 9.08. The second-order valence-corrected chi connectivity index (χ2v) is 5.38. The van der Waals surface area contributed by atoms with Crippen LogP contribution in [0.1, 0.15) is 48.2 Å². The zero-order valence-corrected chi connectivity index (χ0v) is 12.3. The Labute approximate surface area is 116 Å². The van der Waals surface area contributed by atoms with Gasteiger partial charge in [0.25, 0.3) is 0 Å². The normalized spacial score (nSPS) is 14.1. The van der Waals surface area contributed by atoms with Crippen molar-refractivity contribution in [3.63, 3.8) is 0 Å². The van der Waals surface area contributed by atoms with Crippen LogP contribution in [0, 0.1) is 13.8 Å². The second-order valence-electron chi connectivity index (χ2n) is 5.38. The van der Waals surface area contributed by atoms with Gasteiger partial charge >= 0.3 is 0 Å². The monoisotopic (exact) mass is 253 g/mol. The smallest absolute Gasteiger partial charge is 0.0300 e. The highest BCUT2D eigenvalue weighted by atomic mass is 14.9. The molecule has 0 aliphatic rings. The second kappa shape index (κ2) is 6.03. The van der Waals surface area contributed by atoms with Gasteiger partial charge in [-0.1, -0.05) is 54.1 Å². The SMILES string of the molecule is Cc1cccc(C(C)NC(C)c2ccccc2C)c1. The molecule has 0 amide bonds. The Kier molecular flexibility index (Phi) is 4.39. The van der Waals surface area contributed by atoms with Crippen molar-refractivity contribution in [2.45, 2.75) is 39.8 Å². The van der Waals surface area contributed by atoms with Gasteiger partial charge in [0.15, 0.2) is 0 Å². The quantitative estimate of drug-likeness (QED) is 0.831. The summed E-state index contributed by atoms with van der Waals surface area (Å²) in [5.41, 5.74) is 5.39. The van der Waals surface area contributed by atoms with E-state index in [2.05, 4.69) is 81.5 Å². The number of benzene rings is 2. The van der Waals surface area contributed by atoms with E-state index in [4.69, 9.17) is 0 Å². The number of hydrogen-bond acceptors (Lipinski definition) is 1. The molecule has 0 fully saturated rings. The maximum Gasteiger partial charge on any atom is 0.0300 e. The molecule has 1 N–H and O–H groups in total. The lowest BCUT2D eigenvalue weighted by atomic mass is 10.00. The van der Waals surface area contributed by atoms with Gasteiger partial charge < -0.3 is 5.32 Å². The summed E-state index contributed by atoms with van der Waals surface area (Å²) in [5.74, 6) is 0. The van der Waals surface area contributed by atoms with Crippen LogP contribution in [-0.2, 0) is 0 Å². The fourth-order valence-corrected chi connectivity index (χ4v) is 2.57. The molecule has 100 valence electrons. The highest BCUT2D eigenvalue weighted by Crippen LogP contribution is 2.22. The standard InChI is InChI=1S/C18H23N/c1-13-8-7-10-17(12-13)15(3)19-16(4)18-11-6-5-9-14(18)2/h5-12,15-16,19H,1-4H3. The lowest BCUT2D eigenvalue weighted by molar-refractivity contribution is 0.493. The number of hydrogen-bond donors (Lipinski definition) is 1. The summed E-state index contributed by atoms with van der Waals surface area (Å²) < 4.78 is 0. The average Bonchev–Trinajstić information content (AvgIpc) is 2.39. The summed E-state index contributed by atoms with van der Waals surface area (Å²) in [7, 11) is 0. The lowest BCUT2D eigenvalue weighted by Crippen LogP contribution is -2.23. The minimum absolute atomic E-state index is 0.356. The van der Waals surface area contributed by atoms with Crippen molar-refractivity contribution in [3.05, 3.63) is 70.8 Å². The van der Waals surface area contributed by atoms with Gasteiger partial charge in [-0.2, -0.15) is 0 Å². The van der Waals surface area contributed by atoms with E-state index in [9.17, 15) is 0 Å². The van der Waals surface area contributed by atoms with Gasteiger partial charge in [0.05, 0.1) is 0 Å². The largest absolute Gasteiger partial charge is 0.304 e. The van der Waals surface area contributed by atoms with Crippen LogP contribution in [0.2, 0.25) is 0 Å². The Bertz CT molecular complexity index is 545. The highest BCUT2D eigenvalue weighted by molar-refractivity contribution is 5.29. The molecule has 0 saturated carbocycles. The summed E-state index contributed by atoms with van der Waals surface area (Å²) in [6, 6.07) is 18.0. The van der Waals surface area contributed by atoms with E-state index in [0.717, 1.165) is 0 Å². The predicted octanol–water partition coefficient (Wildman–Crippen LogP) is 4.72. The van der Waals surface area contributed by atoms with E-state index in [-0.39, 0.29) is 0 Å². The molecular weight excluding hydrogens is 230 g/mol. The van der Waals surface area contributed by atoms with Crippen LogP contribution in [0.15, 0.2) is 48.5 Å². The Morgan fingerprint density at radius 1 is 0.842 bits per heavy atom. The van der Waals surface area contributed by atoms with Gasteiger partial charge in [0.2, 0.25) is 0 Å². The zero-order chi connectivity index (χ0) is 13.8. The first-order valence-electron chi connectivity index (χ1n) is 6.96. The lowest BCUT2D eigenvalue weighted by Gasteiger charge is -2.22. The zero-order valence-electron chi connectivity index (χ0n) is 12.3. The fourth-order valence-electron chi connectivity index (χ4n) is 2.57. The van der Waals surface area contributed by atoms with E-state index in [1.807, 2.05) is 0 Å². The van der Waals surface area contributed by atoms with Crippen molar-refractivity contribution in [2.75, 3.05) is 0 Å². The Balaban J connectivity index is 2.11. The average molecular weight is 253 g/mol. The molecular formula is C18H23N. The summed E-state index contributed by atoms with van der Waals surface area (Å²) in [6.45, 7) is 8.77. The van der Waals surface area contributed by atoms with Crippen molar-refractivity contribution < 1.29 is 0 Å². The molecule has 2 unspecified atom stereocenters. The van der Waals surface area contributed by atoms with Crippen molar-refractivity contribution in [1.29, 1.82) is 0 Å². The Morgan fingerprint density at radius 2 is 1.58 bits per heavy atom. The molecule has 2 aromatic carbocycles. The van der Waals surface area contributed by atoms with Crippen molar-refractivity contribution in [3.8, 4) is 0 Å². The van der Waals surface area contributed by atoms with Gasteiger partial charge in [-0.15, -0.1) is 0 Å². The molecule has 2 rings (SSSR count). The molecule has 0 radical (unpaired) electrons. The van der Waals surface area contributed by atoms with Crippen LogP contribution >= 0.6 is 0 Å². The van der Waals surface area contributed by atoms with Gasteiger partial charge in [0, 0.05) is 12.1 Å². The van der Waals surface area contributed by atoms with E-state index < -0.39 is 0 Å². The number of aryl methyl sites for hydroxylation is 2. The van der Waals surface area contributed by atoms with E-state index >= 15 is 0 Å². The van der Waals surface area contributed by atoms with Gasteiger partial charge in [-0.05, 0) is 44.4 Å². The molecule has 0 heterocycles. The third-order valence-electron chi connectivity index (χ3n) is 3.70. The summed E-state index contributed by atoms with van der Waals surface area (Å²) >= 11 is 0. The van der Waals surface area contributed by atoms with Crippen LogP contribution in [-0.4, -0.2) is 0 Å². The summed E-state index contributed by atoms with van der Waals surface area (Å²) in [6.07, 6.45) is 0. The van der Waals surface area contributed by atoms with Crippen molar-refractivity contribution in [2.24, 2.45) is 0 Å². The van der Waals surface area contributed by atoms with Gasteiger partial charge in [-0.3, -0.25) is 0 Å². The minimum Gasteiger partial charge on any atom is -0.304 e. The molecule has 0 aliphatic heterocycles. The highest BCUT2D eigenvalue weighted by Gasteiger charge is 2.12. The molecule has 0 spiro atoms. The number of rotatable bonds is 4. The third-order valence-corrected chi connectivity index (χ3v) is 3.70. The summed E-state index contributed by atoms with van der Waals surface area (Å²) in [4.78, 5) is 0. The van der Waals surface area contributed by atoms with Crippen LogP contribution in [0.3, 0.4) is 0 Å². The minimum atomic E-state index is 0.356. The molecule has 19 heavy (non-hydrogen) atoms. The molecule has 0 aliphatic carbocycles. The molecule has 0 aromatic heterocycles. The van der Waals surface area contributed by atoms with Crippen LogP contribution in [0.5, 0.6) is 0 Å². The van der Waals surface area contributed by atoms with Gasteiger partial charge in [-0.25, -0.2) is 0 Å². The molecule has 0 saturated heterocycles. The first-order valence-corrected chi connectivity index (χ1v) is 6.96. The predicted molar refractivity (Wildman–Crippen MR) is 82.3 cm³/mol. The van der Waals surface area contributed by atoms with Crippen molar-refractivity contribution >= 4 is 0 Å². The third kappa shape index (κ3) is 3.45. The van der Waals surface area contributed by atoms with Crippen LogP contribution in [0.25, 0.3) is 0 Å². The topological polar surface area (TPSA) is 12.0 Å². The molecule has 1 nitrogen and oxygen atoms in total. The maximum atomic E-state index is 3.68. The maximum absolute atomic E-state index is 3.68. The summed E-state index contributed by atoms with van der Waals surface area (Å²) in [5, 5.41) is 3.68. The Hall–Kier alpha value is -1.60. The Morgan fingerprint density at radius 3 is 2.26 bits per heavy atom. The molecule has 0 bridgehead atoms. The van der Waals surface area contributed by atoms with E-state index in [1.165, 1.54) is 22.3 Å². The van der Waals surface area contributed by atoms with Crippen LogP contribution < -0.4 is 5.32 Å². The number of nitrogens with one attached hydrogen (secondary N) is 1. The van der Waals surface area contributed by atoms with Crippen LogP contribution in [0.4, 0.5) is 0 Å². The van der Waals surface area contributed by atoms with E-state index in [1.54, 1.807) is 0 Å². The van der Waals surface area contributed by atoms with E-state index in [0.29, 0.717) is 12.1 Å².